The maximum atomic E-state index is 12.3. The van der Waals surface area contributed by atoms with Crippen molar-refractivity contribution in [3.8, 4) is 0 Å². The van der Waals surface area contributed by atoms with E-state index in [-0.39, 0.29) is 17.2 Å². The fourth-order valence-electron chi connectivity index (χ4n) is 2.11. The Morgan fingerprint density at radius 3 is 2.36 bits per heavy atom. The minimum Gasteiger partial charge on any atom is -0.478 e. The average molecular weight is 327 g/mol. The molecule has 0 fully saturated rings. The first-order valence-corrected chi connectivity index (χ1v) is 7.88. The molecular formula is C17H23ClO4. The molecule has 0 amide bonds. The number of carbonyl (C=O) groups excluding carboxylic acids is 1. The van der Waals surface area contributed by atoms with Crippen molar-refractivity contribution >= 4 is 23.5 Å². The van der Waals surface area contributed by atoms with Crippen molar-refractivity contribution in [1.82, 2.24) is 0 Å². The number of carboxylic acid groups (broad SMARTS) is 1. The summed E-state index contributed by atoms with van der Waals surface area (Å²) in [6.45, 7) is 7.89. The van der Waals surface area contributed by atoms with Crippen LogP contribution in [0.2, 0.25) is 5.02 Å². The highest BCUT2D eigenvalue weighted by Crippen LogP contribution is 2.23. The molecule has 122 valence electrons. The molecule has 0 aliphatic heterocycles. The highest BCUT2D eigenvalue weighted by atomic mass is 35.5. The predicted octanol–water partition coefficient (Wildman–Crippen LogP) is 4.72. The molecule has 0 aliphatic carbocycles. The topological polar surface area (TPSA) is 63.6 Å². The van der Waals surface area contributed by atoms with Gasteiger partial charge in [-0.2, -0.15) is 0 Å². The van der Waals surface area contributed by atoms with Gasteiger partial charge in [0.2, 0.25) is 0 Å². The monoisotopic (exact) mass is 326 g/mol. The maximum Gasteiger partial charge on any atom is 0.339 e. The van der Waals surface area contributed by atoms with E-state index in [1.165, 1.54) is 12.1 Å². The van der Waals surface area contributed by atoms with Crippen molar-refractivity contribution in [2.45, 2.75) is 53.1 Å². The molecule has 1 N–H and O–H groups in total. The van der Waals surface area contributed by atoms with Crippen LogP contribution in [0.1, 0.15) is 66.3 Å². The molecule has 22 heavy (non-hydrogen) atoms. The Labute approximate surface area is 136 Å². The molecule has 5 heteroatoms. The van der Waals surface area contributed by atoms with E-state index in [1.54, 1.807) is 6.92 Å². The minimum absolute atomic E-state index is 0.0531. The molecule has 0 saturated heterocycles. The first kappa shape index (κ1) is 18.5. The summed E-state index contributed by atoms with van der Waals surface area (Å²) in [6, 6.07) is 2.77. The number of ether oxygens (including phenoxy) is 1. The van der Waals surface area contributed by atoms with E-state index in [4.69, 9.17) is 16.3 Å². The van der Waals surface area contributed by atoms with E-state index in [9.17, 15) is 14.7 Å². The summed E-state index contributed by atoms with van der Waals surface area (Å²) in [5.74, 6) is -1.27. The Balaban J connectivity index is 2.96. The molecule has 0 aromatic heterocycles. The van der Waals surface area contributed by atoms with Gasteiger partial charge in [0.05, 0.1) is 11.1 Å². The summed E-state index contributed by atoms with van der Waals surface area (Å²) in [4.78, 5) is 23.6. The SMILES string of the molecule is CCC(CCC(C)C)OC(=O)c1cc(C)c(Cl)cc1C(=O)O. The quantitative estimate of drug-likeness (QED) is 0.736. The molecule has 0 spiro atoms. The molecule has 0 aliphatic rings. The zero-order chi connectivity index (χ0) is 16.9. The van der Waals surface area contributed by atoms with E-state index in [1.807, 2.05) is 6.92 Å². The fourth-order valence-corrected chi connectivity index (χ4v) is 2.27. The van der Waals surface area contributed by atoms with Gasteiger partial charge in [-0.3, -0.25) is 0 Å². The minimum atomic E-state index is -1.19. The van der Waals surface area contributed by atoms with Crippen LogP contribution in [-0.2, 0) is 4.74 Å². The van der Waals surface area contributed by atoms with Gasteiger partial charge in [0.15, 0.2) is 0 Å². The van der Waals surface area contributed by atoms with Crippen molar-refractivity contribution in [3.05, 3.63) is 33.8 Å². The summed E-state index contributed by atoms with van der Waals surface area (Å²) in [7, 11) is 0. The van der Waals surface area contributed by atoms with E-state index in [2.05, 4.69) is 13.8 Å². The maximum absolute atomic E-state index is 12.3. The van der Waals surface area contributed by atoms with Crippen molar-refractivity contribution < 1.29 is 19.4 Å². The summed E-state index contributed by atoms with van der Waals surface area (Å²) >= 11 is 5.94. The number of benzene rings is 1. The van der Waals surface area contributed by atoms with Crippen molar-refractivity contribution in [3.63, 3.8) is 0 Å². The Morgan fingerprint density at radius 2 is 1.86 bits per heavy atom. The lowest BCUT2D eigenvalue weighted by Crippen LogP contribution is -2.20. The van der Waals surface area contributed by atoms with E-state index in [0.29, 0.717) is 22.9 Å². The number of carboxylic acids is 1. The molecule has 1 aromatic rings. The zero-order valence-electron chi connectivity index (χ0n) is 13.5. The van der Waals surface area contributed by atoms with E-state index < -0.39 is 11.9 Å². The van der Waals surface area contributed by atoms with Gasteiger partial charge < -0.3 is 9.84 Å². The van der Waals surface area contributed by atoms with Gasteiger partial charge in [-0.25, -0.2) is 9.59 Å². The van der Waals surface area contributed by atoms with Gasteiger partial charge in [0.25, 0.3) is 0 Å². The molecule has 0 saturated carbocycles. The Kier molecular flexibility index (Phi) is 6.88. The lowest BCUT2D eigenvalue weighted by Gasteiger charge is -2.18. The molecule has 0 radical (unpaired) electrons. The van der Waals surface area contributed by atoms with Crippen LogP contribution < -0.4 is 0 Å². The second kappa shape index (κ2) is 8.18. The standard InChI is InChI=1S/C17H23ClO4/c1-5-12(7-6-10(2)3)22-17(21)14-8-11(4)15(18)9-13(14)16(19)20/h8-10,12H,5-7H2,1-4H3,(H,19,20). The van der Waals surface area contributed by atoms with Crippen LogP contribution in [-0.4, -0.2) is 23.1 Å². The number of rotatable bonds is 7. The fraction of sp³-hybridized carbons (Fsp3) is 0.529. The number of carbonyl (C=O) groups is 2. The van der Waals surface area contributed by atoms with Crippen LogP contribution in [0.25, 0.3) is 0 Å². The van der Waals surface area contributed by atoms with E-state index >= 15 is 0 Å². The van der Waals surface area contributed by atoms with Gasteiger partial charge in [0.1, 0.15) is 6.10 Å². The molecule has 1 atom stereocenters. The van der Waals surface area contributed by atoms with Gasteiger partial charge in [-0.05, 0) is 49.8 Å². The van der Waals surface area contributed by atoms with Crippen LogP contribution >= 0.6 is 11.6 Å². The number of aromatic carboxylic acids is 1. The molecular weight excluding hydrogens is 304 g/mol. The number of esters is 1. The number of hydrogen-bond acceptors (Lipinski definition) is 3. The van der Waals surface area contributed by atoms with Crippen molar-refractivity contribution in [2.75, 3.05) is 0 Å². The van der Waals surface area contributed by atoms with E-state index in [0.717, 1.165) is 12.8 Å². The third-order valence-electron chi connectivity index (χ3n) is 3.54. The third-order valence-corrected chi connectivity index (χ3v) is 3.95. The molecule has 1 unspecified atom stereocenters. The van der Waals surface area contributed by atoms with Crippen molar-refractivity contribution in [2.24, 2.45) is 5.92 Å². The third kappa shape index (κ3) is 5.02. The van der Waals surface area contributed by atoms with Crippen LogP contribution in [0.3, 0.4) is 0 Å². The summed E-state index contributed by atoms with van der Waals surface area (Å²) < 4.78 is 5.48. The van der Waals surface area contributed by atoms with Crippen molar-refractivity contribution in [1.29, 1.82) is 0 Å². The summed E-state index contributed by atoms with van der Waals surface area (Å²) in [5, 5.41) is 9.55. The largest absolute Gasteiger partial charge is 0.478 e. The predicted molar refractivity (Wildman–Crippen MR) is 86.7 cm³/mol. The summed E-state index contributed by atoms with van der Waals surface area (Å²) in [5.41, 5.74) is 0.575. The first-order chi connectivity index (χ1) is 10.3. The molecule has 1 rings (SSSR count). The van der Waals surface area contributed by atoms with Gasteiger partial charge in [0, 0.05) is 5.02 Å². The average Bonchev–Trinajstić information content (AvgIpc) is 2.45. The highest BCUT2D eigenvalue weighted by Gasteiger charge is 2.22. The number of halogens is 1. The van der Waals surface area contributed by atoms with Crippen LogP contribution in [0.15, 0.2) is 12.1 Å². The molecule has 0 heterocycles. The van der Waals surface area contributed by atoms with Crippen LogP contribution in [0.5, 0.6) is 0 Å². The smallest absolute Gasteiger partial charge is 0.339 e. The zero-order valence-corrected chi connectivity index (χ0v) is 14.2. The normalized spacial score (nSPS) is 12.3. The summed E-state index contributed by atoms with van der Waals surface area (Å²) in [6.07, 6.45) is 2.23. The Hall–Kier alpha value is -1.55. The Bertz CT molecular complexity index is 552. The number of hydrogen-bond donors (Lipinski definition) is 1. The van der Waals surface area contributed by atoms with Gasteiger partial charge >= 0.3 is 11.9 Å². The molecule has 0 bridgehead atoms. The lowest BCUT2D eigenvalue weighted by atomic mass is 10.0. The van der Waals surface area contributed by atoms with Gasteiger partial charge in [-0.1, -0.05) is 32.4 Å². The molecule has 4 nitrogen and oxygen atoms in total. The number of aryl methyl sites for hydroxylation is 1. The van der Waals surface area contributed by atoms with Crippen LogP contribution in [0, 0.1) is 12.8 Å². The second-order valence-electron chi connectivity index (χ2n) is 5.86. The molecule has 1 aromatic carbocycles. The van der Waals surface area contributed by atoms with Crippen LogP contribution in [0.4, 0.5) is 0 Å². The highest BCUT2D eigenvalue weighted by molar-refractivity contribution is 6.32. The van der Waals surface area contributed by atoms with Gasteiger partial charge in [-0.15, -0.1) is 0 Å². The second-order valence-corrected chi connectivity index (χ2v) is 6.27. The first-order valence-electron chi connectivity index (χ1n) is 7.50. The lowest BCUT2D eigenvalue weighted by molar-refractivity contribution is 0.0255. The Morgan fingerprint density at radius 1 is 1.23 bits per heavy atom.